The number of allylic oxidation sites excluding steroid dienone is 1. The van der Waals surface area contributed by atoms with Gasteiger partial charge in [-0.05, 0) is 54.9 Å². The molecule has 1 atom stereocenters. The molecule has 2 N–H and O–H groups in total. The summed E-state index contributed by atoms with van der Waals surface area (Å²) in [4.78, 5) is 18.2. The molecule has 146 valence electrons. The number of likely N-dealkylation sites (N-methyl/N-ethyl adjacent to an activating group) is 1. The molecule has 2 aromatic rings. The van der Waals surface area contributed by atoms with Crippen molar-refractivity contribution in [3.63, 3.8) is 0 Å². The van der Waals surface area contributed by atoms with Crippen LogP contribution in [0.2, 0.25) is 10.0 Å². The average molecular weight is 419 g/mol. The van der Waals surface area contributed by atoms with Crippen molar-refractivity contribution >= 4 is 40.4 Å². The first-order valence-corrected chi connectivity index (χ1v) is 9.45. The van der Waals surface area contributed by atoms with Crippen LogP contribution in [0.1, 0.15) is 29.5 Å². The first kappa shape index (κ1) is 20.4. The predicted molar refractivity (Wildman–Crippen MR) is 112 cm³/mol. The highest BCUT2D eigenvalue weighted by atomic mass is 35.5. The number of rotatable bonds is 4. The Morgan fingerprint density at radius 3 is 2.57 bits per heavy atom. The van der Waals surface area contributed by atoms with Crippen LogP contribution in [0.3, 0.4) is 0 Å². The summed E-state index contributed by atoms with van der Waals surface area (Å²) in [7, 11) is 2.05. The number of fused-ring (bicyclic) bond motifs is 1. The van der Waals surface area contributed by atoms with Crippen molar-refractivity contribution in [2.45, 2.75) is 19.4 Å². The van der Waals surface area contributed by atoms with E-state index in [0.29, 0.717) is 22.0 Å². The summed E-state index contributed by atoms with van der Waals surface area (Å²) in [6.07, 6.45) is 0.359. The quantitative estimate of drug-likeness (QED) is 0.407. The largest absolute Gasteiger partial charge is 0.512 e. The number of aliphatic imine (C=N–C) groups is 1. The molecule has 28 heavy (non-hydrogen) atoms. The van der Waals surface area contributed by atoms with Crippen LogP contribution in [-0.4, -0.2) is 40.2 Å². The molecule has 1 aliphatic heterocycles. The Balaban J connectivity index is 1.92. The van der Waals surface area contributed by atoms with Gasteiger partial charge in [0.05, 0.1) is 11.4 Å². The SMILES string of the molecule is CC(=Nc1ccc(C2CN(C)Cc3c(Cl)cc(Cl)cc32)cc1)C(=O)C(O)=CO. The molecule has 7 heteroatoms. The number of halogens is 2. The number of Topliss-reactive ketones (excluding diaryl/α,β-unsaturated/α-hetero) is 1. The van der Waals surface area contributed by atoms with E-state index in [-0.39, 0.29) is 11.6 Å². The Labute approximate surface area is 173 Å². The van der Waals surface area contributed by atoms with E-state index in [1.165, 1.54) is 6.92 Å². The molecule has 1 unspecified atom stereocenters. The van der Waals surface area contributed by atoms with Gasteiger partial charge >= 0.3 is 0 Å². The topological polar surface area (TPSA) is 73.1 Å². The number of hydrogen-bond donors (Lipinski definition) is 2. The van der Waals surface area contributed by atoms with Gasteiger partial charge in [0.2, 0.25) is 5.78 Å². The summed E-state index contributed by atoms with van der Waals surface area (Å²) in [5.41, 5.74) is 3.95. The minimum atomic E-state index is -0.742. The lowest BCUT2D eigenvalue weighted by atomic mass is 9.85. The molecule has 3 rings (SSSR count). The maximum atomic E-state index is 11.8. The lowest BCUT2D eigenvalue weighted by Gasteiger charge is -2.33. The van der Waals surface area contributed by atoms with Crippen molar-refractivity contribution in [2.24, 2.45) is 4.99 Å². The number of nitrogens with zero attached hydrogens (tertiary/aromatic N) is 2. The fourth-order valence-electron chi connectivity index (χ4n) is 3.40. The van der Waals surface area contributed by atoms with E-state index in [1.54, 1.807) is 6.07 Å². The van der Waals surface area contributed by atoms with E-state index >= 15 is 0 Å². The molecular formula is C21H20Cl2N2O3. The predicted octanol–water partition coefficient (Wildman–Crippen LogP) is 5.19. The molecule has 1 aliphatic rings. The van der Waals surface area contributed by atoms with Crippen molar-refractivity contribution in [3.05, 3.63) is 75.2 Å². The number of carbonyl (C=O) groups excluding carboxylic acids is 1. The molecule has 0 saturated carbocycles. The highest BCUT2D eigenvalue weighted by Crippen LogP contribution is 2.38. The van der Waals surface area contributed by atoms with Crippen molar-refractivity contribution in [2.75, 3.05) is 13.6 Å². The van der Waals surface area contributed by atoms with Gasteiger partial charge in [-0.1, -0.05) is 35.3 Å². The fraction of sp³-hybridized carbons (Fsp3) is 0.238. The van der Waals surface area contributed by atoms with Gasteiger partial charge in [-0.25, -0.2) is 4.99 Å². The summed E-state index contributed by atoms with van der Waals surface area (Å²) < 4.78 is 0. The second-order valence-electron chi connectivity index (χ2n) is 6.84. The summed E-state index contributed by atoms with van der Waals surface area (Å²) >= 11 is 12.6. The molecule has 1 heterocycles. The van der Waals surface area contributed by atoms with Crippen LogP contribution in [0.25, 0.3) is 0 Å². The summed E-state index contributed by atoms with van der Waals surface area (Å²) in [6, 6.07) is 11.3. The van der Waals surface area contributed by atoms with Crippen LogP contribution in [0.5, 0.6) is 0 Å². The van der Waals surface area contributed by atoms with Crippen molar-refractivity contribution in [1.29, 1.82) is 0 Å². The Morgan fingerprint density at radius 2 is 1.93 bits per heavy atom. The van der Waals surface area contributed by atoms with Gasteiger partial charge in [0.25, 0.3) is 0 Å². The van der Waals surface area contributed by atoms with Crippen molar-refractivity contribution < 1.29 is 15.0 Å². The highest BCUT2D eigenvalue weighted by molar-refractivity contribution is 6.44. The van der Waals surface area contributed by atoms with Crippen LogP contribution in [0, 0.1) is 0 Å². The normalized spacial score (nSPS) is 18.1. The zero-order valence-corrected chi connectivity index (χ0v) is 17.0. The molecule has 0 spiro atoms. The van der Waals surface area contributed by atoms with Gasteiger partial charge < -0.3 is 15.1 Å². The van der Waals surface area contributed by atoms with Crippen LogP contribution >= 0.6 is 23.2 Å². The molecule has 0 saturated heterocycles. The summed E-state index contributed by atoms with van der Waals surface area (Å²) in [5, 5.41) is 19.3. The number of aliphatic hydroxyl groups is 2. The van der Waals surface area contributed by atoms with Crippen molar-refractivity contribution in [3.8, 4) is 0 Å². The molecule has 0 radical (unpaired) electrons. The van der Waals surface area contributed by atoms with E-state index < -0.39 is 11.5 Å². The Hall–Kier alpha value is -2.34. The molecule has 5 nitrogen and oxygen atoms in total. The molecule has 2 aromatic carbocycles. The average Bonchev–Trinajstić information content (AvgIpc) is 2.67. The number of benzene rings is 2. The van der Waals surface area contributed by atoms with Gasteiger partial charge in [0, 0.05) is 29.1 Å². The number of aliphatic hydroxyl groups excluding tert-OH is 2. The number of hydrogen-bond acceptors (Lipinski definition) is 5. The van der Waals surface area contributed by atoms with Crippen molar-refractivity contribution in [1.82, 2.24) is 4.90 Å². The second-order valence-corrected chi connectivity index (χ2v) is 7.68. The van der Waals surface area contributed by atoms with Gasteiger partial charge in [-0.15, -0.1) is 0 Å². The fourth-order valence-corrected chi connectivity index (χ4v) is 3.97. The maximum absolute atomic E-state index is 11.8. The molecular weight excluding hydrogens is 399 g/mol. The second kappa shape index (κ2) is 8.35. The highest BCUT2D eigenvalue weighted by Gasteiger charge is 2.27. The Kier molecular flexibility index (Phi) is 6.08. The minimum Gasteiger partial charge on any atom is -0.512 e. The zero-order valence-electron chi connectivity index (χ0n) is 15.5. The molecule has 0 aliphatic carbocycles. The van der Waals surface area contributed by atoms with E-state index in [0.717, 1.165) is 29.8 Å². The number of ketones is 1. The third-order valence-electron chi connectivity index (χ3n) is 4.77. The van der Waals surface area contributed by atoms with Gasteiger partial charge in [0.15, 0.2) is 5.76 Å². The zero-order chi connectivity index (χ0) is 20.4. The van der Waals surface area contributed by atoms with E-state index in [4.69, 9.17) is 28.3 Å². The van der Waals surface area contributed by atoms with E-state index in [2.05, 4.69) is 16.9 Å². The Morgan fingerprint density at radius 1 is 1.25 bits per heavy atom. The third-order valence-corrected chi connectivity index (χ3v) is 5.32. The number of carbonyl (C=O) groups is 1. The monoisotopic (exact) mass is 418 g/mol. The third kappa shape index (κ3) is 4.22. The van der Waals surface area contributed by atoms with E-state index in [9.17, 15) is 9.90 Å². The van der Waals surface area contributed by atoms with Crippen LogP contribution < -0.4 is 0 Å². The Bertz CT molecular complexity index is 968. The minimum absolute atomic E-state index is 0.0804. The standard InChI is InChI=1S/C21H20Cl2N2O3/c1-12(21(28)20(27)11-26)24-15-5-3-13(4-6-15)17-9-25(2)10-18-16(17)7-14(22)8-19(18)23/h3-8,11,17,26-27H,9-10H2,1-2H3. The molecule has 0 bridgehead atoms. The van der Waals surface area contributed by atoms with E-state index in [1.807, 2.05) is 30.3 Å². The smallest absolute Gasteiger partial charge is 0.244 e. The maximum Gasteiger partial charge on any atom is 0.244 e. The van der Waals surface area contributed by atoms with Gasteiger partial charge in [0.1, 0.15) is 6.26 Å². The molecule has 0 aromatic heterocycles. The lowest BCUT2D eigenvalue weighted by Crippen LogP contribution is -2.31. The van der Waals surface area contributed by atoms with Gasteiger partial charge in [-0.2, -0.15) is 0 Å². The van der Waals surface area contributed by atoms with Crippen LogP contribution in [-0.2, 0) is 11.3 Å². The first-order valence-electron chi connectivity index (χ1n) is 8.69. The van der Waals surface area contributed by atoms with Crippen LogP contribution in [0.4, 0.5) is 5.69 Å². The van der Waals surface area contributed by atoms with Gasteiger partial charge in [-0.3, -0.25) is 4.79 Å². The molecule has 0 fully saturated rings. The summed E-state index contributed by atoms with van der Waals surface area (Å²) in [6.45, 7) is 3.08. The molecule has 0 amide bonds. The van der Waals surface area contributed by atoms with Crippen LogP contribution in [0.15, 0.2) is 53.4 Å². The summed E-state index contributed by atoms with van der Waals surface area (Å²) in [5.74, 6) is -1.35. The first-order chi connectivity index (χ1) is 13.3. The lowest BCUT2D eigenvalue weighted by molar-refractivity contribution is -0.112.